The van der Waals surface area contributed by atoms with Gasteiger partial charge in [-0.05, 0) is 98.2 Å². The van der Waals surface area contributed by atoms with Gasteiger partial charge in [0.2, 0.25) is 0 Å². The number of benzene rings is 2. The van der Waals surface area contributed by atoms with Gasteiger partial charge in [0, 0.05) is 52.3 Å². The van der Waals surface area contributed by atoms with E-state index in [1.807, 2.05) is 54.6 Å². The zero-order valence-electron chi connectivity index (χ0n) is 24.8. The van der Waals surface area contributed by atoms with Crippen molar-refractivity contribution in [1.29, 1.82) is 0 Å². The second-order valence-electron chi connectivity index (χ2n) is 11.1. The van der Waals surface area contributed by atoms with Crippen LogP contribution in [0.2, 0.25) is 10.0 Å². The van der Waals surface area contributed by atoms with E-state index in [2.05, 4.69) is 33.8 Å². The van der Waals surface area contributed by atoms with Crippen LogP contribution in [0.4, 0.5) is 22.1 Å². The second-order valence-corrected chi connectivity index (χ2v) is 11.9. The predicted octanol–water partition coefficient (Wildman–Crippen LogP) is 9.32. The van der Waals surface area contributed by atoms with Gasteiger partial charge in [0.1, 0.15) is 11.6 Å². The molecular formula is C36H34Cl2N6O. The highest BCUT2D eigenvalue weighted by Gasteiger charge is 2.23. The molecule has 7 nitrogen and oxygen atoms in total. The first-order chi connectivity index (χ1) is 22.0. The van der Waals surface area contributed by atoms with Gasteiger partial charge in [-0.25, -0.2) is 14.8 Å². The van der Waals surface area contributed by atoms with E-state index in [9.17, 15) is 4.79 Å². The van der Waals surface area contributed by atoms with Gasteiger partial charge >= 0.3 is 6.03 Å². The Balaban J connectivity index is 0.000000172. The number of pyridine rings is 3. The van der Waals surface area contributed by atoms with Crippen molar-refractivity contribution in [2.75, 3.05) is 28.6 Å². The topological polar surface area (TPSA) is 83.0 Å². The van der Waals surface area contributed by atoms with Crippen molar-refractivity contribution in [3.05, 3.63) is 118 Å². The highest BCUT2D eigenvalue weighted by molar-refractivity contribution is 6.31. The number of anilines is 3. The molecule has 0 saturated carbocycles. The summed E-state index contributed by atoms with van der Waals surface area (Å²) in [6.45, 7) is 1.65. The number of rotatable bonds is 3. The highest BCUT2D eigenvalue weighted by atomic mass is 35.5. The summed E-state index contributed by atoms with van der Waals surface area (Å²) >= 11 is 12.1. The van der Waals surface area contributed by atoms with Crippen LogP contribution in [0.15, 0.2) is 97.3 Å². The predicted molar refractivity (Wildman–Crippen MR) is 184 cm³/mol. The SMILES string of the molecule is Clc1cccc(-c2ccc3c(n2)NCCCC3)c1.O=C(Nc1ccncc1)N1CCCCc2ccc(-c3cccc(Cl)c3)nc21. The van der Waals surface area contributed by atoms with Gasteiger partial charge in [-0.2, -0.15) is 0 Å². The molecule has 228 valence electrons. The average Bonchev–Trinajstić information content (AvgIpc) is 3.43. The molecule has 3 aromatic heterocycles. The summed E-state index contributed by atoms with van der Waals surface area (Å²) < 4.78 is 0. The fourth-order valence-electron chi connectivity index (χ4n) is 5.53. The van der Waals surface area contributed by atoms with Crippen LogP contribution in [0.5, 0.6) is 0 Å². The molecule has 9 heteroatoms. The number of amides is 2. The van der Waals surface area contributed by atoms with E-state index in [1.165, 1.54) is 18.4 Å². The summed E-state index contributed by atoms with van der Waals surface area (Å²) in [4.78, 5) is 28.2. The van der Waals surface area contributed by atoms with Gasteiger partial charge in [0.05, 0.1) is 11.4 Å². The molecule has 0 saturated heterocycles. The molecule has 5 heterocycles. The molecule has 0 aliphatic carbocycles. The number of halogens is 2. The second kappa shape index (κ2) is 14.5. The van der Waals surface area contributed by atoms with E-state index in [0.717, 1.165) is 77.0 Å². The Kier molecular flexibility index (Phi) is 9.88. The van der Waals surface area contributed by atoms with Crippen LogP contribution in [0.3, 0.4) is 0 Å². The van der Waals surface area contributed by atoms with Crippen molar-refractivity contribution in [2.45, 2.75) is 38.5 Å². The van der Waals surface area contributed by atoms with Crippen molar-refractivity contribution in [1.82, 2.24) is 15.0 Å². The number of nitrogens with zero attached hydrogens (tertiary/aromatic N) is 4. The van der Waals surface area contributed by atoms with Crippen LogP contribution in [0, 0.1) is 0 Å². The van der Waals surface area contributed by atoms with Crippen LogP contribution < -0.4 is 15.5 Å². The number of fused-ring (bicyclic) bond motifs is 2. The summed E-state index contributed by atoms with van der Waals surface area (Å²) in [6.07, 6.45) is 9.75. The largest absolute Gasteiger partial charge is 0.370 e. The van der Waals surface area contributed by atoms with Crippen molar-refractivity contribution < 1.29 is 4.79 Å². The quantitative estimate of drug-likeness (QED) is 0.206. The number of aryl methyl sites for hydroxylation is 2. The smallest absolute Gasteiger partial charge is 0.327 e. The molecular weight excluding hydrogens is 603 g/mol. The molecule has 5 aromatic rings. The molecule has 0 unspecified atom stereocenters. The van der Waals surface area contributed by atoms with Gasteiger partial charge in [0.25, 0.3) is 0 Å². The average molecular weight is 638 g/mol. The van der Waals surface area contributed by atoms with Crippen LogP contribution in [0.25, 0.3) is 22.5 Å². The number of hydrogen-bond acceptors (Lipinski definition) is 5. The third-order valence-corrected chi connectivity index (χ3v) is 8.32. The summed E-state index contributed by atoms with van der Waals surface area (Å²) in [7, 11) is 0. The zero-order chi connectivity index (χ0) is 31.0. The van der Waals surface area contributed by atoms with Crippen molar-refractivity contribution >= 4 is 46.6 Å². The maximum Gasteiger partial charge on any atom is 0.327 e. The molecule has 0 bridgehead atoms. The number of nitrogens with one attached hydrogen (secondary N) is 2. The Hall–Kier alpha value is -4.46. The zero-order valence-corrected chi connectivity index (χ0v) is 26.4. The summed E-state index contributed by atoms with van der Waals surface area (Å²) in [6, 6.07) is 27.1. The lowest BCUT2D eigenvalue weighted by Crippen LogP contribution is -2.36. The molecule has 2 N–H and O–H groups in total. The summed E-state index contributed by atoms with van der Waals surface area (Å²) in [5.74, 6) is 1.75. The van der Waals surface area contributed by atoms with Gasteiger partial charge in [-0.3, -0.25) is 9.88 Å². The Morgan fingerprint density at radius 3 is 2.09 bits per heavy atom. The number of hydrogen-bond donors (Lipinski definition) is 2. The van der Waals surface area contributed by atoms with Crippen molar-refractivity contribution in [3.63, 3.8) is 0 Å². The Morgan fingerprint density at radius 2 is 1.38 bits per heavy atom. The molecule has 2 aliphatic heterocycles. The van der Waals surface area contributed by atoms with Crippen LogP contribution >= 0.6 is 23.2 Å². The normalized spacial score (nSPS) is 14.0. The fourth-order valence-corrected chi connectivity index (χ4v) is 5.91. The van der Waals surface area contributed by atoms with E-state index in [4.69, 9.17) is 33.2 Å². The van der Waals surface area contributed by atoms with Gasteiger partial charge < -0.3 is 10.6 Å². The van der Waals surface area contributed by atoms with E-state index >= 15 is 0 Å². The maximum atomic E-state index is 12.9. The third kappa shape index (κ3) is 7.80. The lowest BCUT2D eigenvalue weighted by molar-refractivity contribution is 0.256. The fraction of sp³-hybridized carbons (Fsp3) is 0.222. The van der Waals surface area contributed by atoms with Gasteiger partial charge in [-0.1, -0.05) is 59.6 Å². The first kappa shape index (κ1) is 30.6. The number of carbonyl (C=O) groups is 1. The maximum absolute atomic E-state index is 12.9. The monoisotopic (exact) mass is 636 g/mol. The first-order valence-electron chi connectivity index (χ1n) is 15.3. The highest BCUT2D eigenvalue weighted by Crippen LogP contribution is 2.30. The van der Waals surface area contributed by atoms with E-state index < -0.39 is 0 Å². The van der Waals surface area contributed by atoms with E-state index in [-0.39, 0.29) is 6.03 Å². The Labute approximate surface area is 273 Å². The van der Waals surface area contributed by atoms with E-state index in [0.29, 0.717) is 17.3 Å². The standard InChI is InChI=1S/C21H19ClN4O.C15H15ClN2/c22-17-6-3-5-16(14-17)19-8-7-15-4-1-2-13-26(20(15)25-19)21(27)24-18-9-11-23-12-10-18;16-13-6-3-5-12(10-13)14-8-7-11-4-1-2-9-17-15(11)18-14/h3,5-12,14H,1-2,4,13H2,(H,23,24,27);3,5-8,10H,1-2,4,9H2,(H,17,18). The Bertz CT molecular complexity index is 1780. The minimum atomic E-state index is -0.180. The molecule has 2 aliphatic rings. The molecule has 2 aromatic carbocycles. The lowest BCUT2D eigenvalue weighted by Gasteiger charge is -2.23. The molecule has 2 amide bonds. The first-order valence-corrected chi connectivity index (χ1v) is 16.0. The van der Waals surface area contributed by atoms with Crippen LogP contribution in [-0.4, -0.2) is 34.1 Å². The number of carbonyl (C=O) groups excluding carboxylic acids is 1. The molecule has 0 spiro atoms. The molecule has 7 rings (SSSR count). The third-order valence-electron chi connectivity index (χ3n) is 7.85. The van der Waals surface area contributed by atoms with Crippen molar-refractivity contribution in [3.8, 4) is 22.5 Å². The molecule has 0 radical (unpaired) electrons. The summed E-state index contributed by atoms with van der Waals surface area (Å²) in [5, 5.41) is 7.75. The lowest BCUT2D eigenvalue weighted by atomic mass is 10.1. The number of urea groups is 1. The van der Waals surface area contributed by atoms with Gasteiger partial charge in [-0.15, -0.1) is 0 Å². The summed E-state index contributed by atoms with van der Waals surface area (Å²) in [5.41, 5.74) is 6.90. The Morgan fingerprint density at radius 1 is 0.733 bits per heavy atom. The molecule has 0 fully saturated rings. The van der Waals surface area contributed by atoms with E-state index in [1.54, 1.807) is 29.4 Å². The number of aromatic nitrogens is 3. The van der Waals surface area contributed by atoms with Crippen LogP contribution in [0.1, 0.15) is 36.8 Å². The van der Waals surface area contributed by atoms with Crippen LogP contribution in [-0.2, 0) is 12.8 Å². The van der Waals surface area contributed by atoms with Crippen molar-refractivity contribution in [2.24, 2.45) is 0 Å². The minimum absolute atomic E-state index is 0.180. The molecule has 0 atom stereocenters. The van der Waals surface area contributed by atoms with Gasteiger partial charge in [0.15, 0.2) is 0 Å². The molecule has 45 heavy (non-hydrogen) atoms. The minimum Gasteiger partial charge on any atom is -0.370 e.